The van der Waals surface area contributed by atoms with Gasteiger partial charge in [-0.3, -0.25) is 9.89 Å². The molecule has 1 aliphatic rings. The standard InChI is InChI=1S/C22H38N4O2/c1-19-17-21(11-13-26(19)18-20-9-5-4-6-10-20)25-22(23-2)24-12-7-8-14-28-16-15-27-3/h4-6,9-10,19,21H,7-8,11-18H2,1-3H3,(H2,23,24,25). The Hall–Kier alpha value is -1.63. The Morgan fingerprint density at radius 2 is 2.00 bits per heavy atom. The van der Waals surface area contributed by atoms with Crippen LogP contribution in [0.5, 0.6) is 0 Å². The summed E-state index contributed by atoms with van der Waals surface area (Å²) in [6, 6.07) is 11.8. The average molecular weight is 391 g/mol. The summed E-state index contributed by atoms with van der Waals surface area (Å²) in [5.41, 5.74) is 1.39. The molecule has 1 heterocycles. The first-order valence-electron chi connectivity index (χ1n) is 10.5. The van der Waals surface area contributed by atoms with Crippen LogP contribution in [0, 0.1) is 0 Å². The molecule has 2 unspecified atom stereocenters. The fourth-order valence-corrected chi connectivity index (χ4v) is 3.57. The van der Waals surface area contributed by atoms with Gasteiger partial charge in [-0.2, -0.15) is 0 Å². The summed E-state index contributed by atoms with van der Waals surface area (Å²) in [7, 11) is 3.54. The zero-order chi connectivity index (χ0) is 20.0. The van der Waals surface area contributed by atoms with Gasteiger partial charge in [0.2, 0.25) is 0 Å². The summed E-state index contributed by atoms with van der Waals surface area (Å²) in [6.07, 6.45) is 4.40. The van der Waals surface area contributed by atoms with E-state index < -0.39 is 0 Å². The highest BCUT2D eigenvalue weighted by molar-refractivity contribution is 5.79. The molecule has 158 valence electrons. The Labute approximate surface area is 170 Å². The van der Waals surface area contributed by atoms with Gasteiger partial charge in [0.05, 0.1) is 13.2 Å². The number of benzene rings is 1. The van der Waals surface area contributed by atoms with Crippen LogP contribution in [0.2, 0.25) is 0 Å². The predicted octanol–water partition coefficient (Wildman–Crippen LogP) is 2.65. The van der Waals surface area contributed by atoms with Gasteiger partial charge in [-0.05, 0) is 38.2 Å². The molecule has 2 atom stereocenters. The van der Waals surface area contributed by atoms with Crippen molar-refractivity contribution in [2.75, 3.05) is 47.1 Å². The molecule has 2 N–H and O–H groups in total. The van der Waals surface area contributed by atoms with Gasteiger partial charge in [-0.25, -0.2) is 0 Å². The number of likely N-dealkylation sites (tertiary alicyclic amines) is 1. The first-order chi connectivity index (χ1) is 13.7. The molecule has 0 spiro atoms. The van der Waals surface area contributed by atoms with Crippen molar-refractivity contribution in [2.24, 2.45) is 4.99 Å². The van der Waals surface area contributed by atoms with Crippen LogP contribution >= 0.6 is 0 Å². The maximum Gasteiger partial charge on any atom is 0.191 e. The van der Waals surface area contributed by atoms with Crippen molar-refractivity contribution in [1.29, 1.82) is 0 Å². The molecule has 6 heteroatoms. The van der Waals surface area contributed by atoms with E-state index >= 15 is 0 Å². The molecule has 2 rings (SSSR count). The Kier molecular flexibility index (Phi) is 10.9. The van der Waals surface area contributed by atoms with Crippen LogP contribution in [-0.4, -0.2) is 70.0 Å². The second-order valence-electron chi connectivity index (χ2n) is 7.48. The number of piperidine rings is 1. The first-order valence-corrected chi connectivity index (χ1v) is 10.5. The van der Waals surface area contributed by atoms with Gasteiger partial charge >= 0.3 is 0 Å². The third-order valence-electron chi connectivity index (χ3n) is 5.25. The topological polar surface area (TPSA) is 58.1 Å². The van der Waals surface area contributed by atoms with Crippen molar-refractivity contribution >= 4 is 5.96 Å². The maximum absolute atomic E-state index is 5.49. The van der Waals surface area contributed by atoms with Gasteiger partial charge in [0.25, 0.3) is 0 Å². The molecule has 1 saturated heterocycles. The zero-order valence-corrected chi connectivity index (χ0v) is 17.8. The number of nitrogens with one attached hydrogen (secondary N) is 2. The Balaban J connectivity index is 1.62. The SMILES string of the molecule is CN=C(NCCCCOCCOC)NC1CCN(Cc2ccccc2)C(C)C1. The summed E-state index contributed by atoms with van der Waals surface area (Å²) < 4.78 is 10.5. The first kappa shape index (κ1) is 22.7. The highest BCUT2D eigenvalue weighted by atomic mass is 16.5. The number of nitrogens with zero attached hydrogens (tertiary/aromatic N) is 2. The van der Waals surface area contributed by atoms with E-state index in [2.05, 4.69) is 57.8 Å². The third-order valence-corrected chi connectivity index (χ3v) is 5.25. The second kappa shape index (κ2) is 13.5. The lowest BCUT2D eigenvalue weighted by Crippen LogP contribution is -2.51. The molecule has 1 fully saturated rings. The van der Waals surface area contributed by atoms with E-state index in [0.29, 0.717) is 25.3 Å². The smallest absolute Gasteiger partial charge is 0.191 e. The number of ether oxygens (including phenoxy) is 2. The number of rotatable bonds is 11. The number of hydrogen-bond donors (Lipinski definition) is 2. The maximum atomic E-state index is 5.49. The minimum absolute atomic E-state index is 0.477. The number of methoxy groups -OCH3 is 1. The lowest BCUT2D eigenvalue weighted by atomic mass is 9.97. The summed E-state index contributed by atoms with van der Waals surface area (Å²) >= 11 is 0. The van der Waals surface area contributed by atoms with Crippen LogP contribution in [0.1, 0.15) is 38.2 Å². The molecule has 1 aliphatic heterocycles. The van der Waals surface area contributed by atoms with E-state index in [9.17, 15) is 0 Å². The molecule has 0 amide bonds. The van der Waals surface area contributed by atoms with Crippen molar-refractivity contribution in [3.8, 4) is 0 Å². The van der Waals surface area contributed by atoms with Gasteiger partial charge in [0, 0.05) is 52.5 Å². The average Bonchev–Trinajstić information content (AvgIpc) is 2.72. The number of aliphatic imine (C=N–C) groups is 1. The Morgan fingerprint density at radius 3 is 2.71 bits per heavy atom. The van der Waals surface area contributed by atoms with Crippen LogP contribution in [0.25, 0.3) is 0 Å². The molecule has 0 bridgehead atoms. The Bertz CT molecular complexity index is 553. The molecular weight excluding hydrogens is 352 g/mol. The van der Waals surface area contributed by atoms with E-state index in [4.69, 9.17) is 9.47 Å². The highest BCUT2D eigenvalue weighted by Crippen LogP contribution is 2.19. The van der Waals surface area contributed by atoms with Gasteiger partial charge in [-0.15, -0.1) is 0 Å². The number of guanidine groups is 1. The van der Waals surface area contributed by atoms with Crippen LogP contribution in [0.4, 0.5) is 0 Å². The van der Waals surface area contributed by atoms with E-state index in [-0.39, 0.29) is 0 Å². The summed E-state index contributed by atoms with van der Waals surface area (Å²) in [6.45, 7) is 7.52. The zero-order valence-electron chi connectivity index (χ0n) is 17.8. The van der Waals surface area contributed by atoms with Gasteiger partial charge in [0.1, 0.15) is 0 Å². The van der Waals surface area contributed by atoms with Crippen LogP contribution in [0.15, 0.2) is 35.3 Å². The molecule has 0 aromatic heterocycles. The summed E-state index contributed by atoms with van der Waals surface area (Å²) in [4.78, 5) is 6.96. The van der Waals surface area contributed by atoms with E-state index in [1.807, 2.05) is 7.05 Å². The molecule has 1 aromatic carbocycles. The monoisotopic (exact) mass is 390 g/mol. The van der Waals surface area contributed by atoms with Gasteiger partial charge in [0.15, 0.2) is 5.96 Å². The number of unbranched alkanes of at least 4 members (excludes halogenated alkanes) is 1. The molecule has 6 nitrogen and oxygen atoms in total. The van der Waals surface area contributed by atoms with Crippen LogP contribution in [0.3, 0.4) is 0 Å². The largest absolute Gasteiger partial charge is 0.382 e. The minimum Gasteiger partial charge on any atom is -0.382 e. The summed E-state index contributed by atoms with van der Waals surface area (Å²) in [5, 5.41) is 7.03. The quantitative estimate of drug-likeness (QED) is 0.346. The molecular formula is C22H38N4O2. The normalized spacial score (nSPS) is 20.9. The van der Waals surface area contributed by atoms with Gasteiger partial charge < -0.3 is 20.1 Å². The molecule has 0 saturated carbocycles. The van der Waals surface area contributed by atoms with E-state index in [1.165, 1.54) is 5.56 Å². The fourth-order valence-electron chi connectivity index (χ4n) is 3.57. The molecule has 1 aromatic rings. The van der Waals surface area contributed by atoms with Crippen LogP contribution in [-0.2, 0) is 16.0 Å². The van der Waals surface area contributed by atoms with E-state index in [0.717, 1.165) is 57.9 Å². The lowest BCUT2D eigenvalue weighted by molar-refractivity contribution is 0.0689. The molecule has 0 radical (unpaired) electrons. The Morgan fingerprint density at radius 1 is 1.18 bits per heavy atom. The number of hydrogen-bond acceptors (Lipinski definition) is 4. The molecule has 0 aliphatic carbocycles. The predicted molar refractivity (Wildman–Crippen MR) is 116 cm³/mol. The third kappa shape index (κ3) is 8.59. The minimum atomic E-state index is 0.477. The van der Waals surface area contributed by atoms with E-state index in [1.54, 1.807) is 7.11 Å². The fraction of sp³-hybridized carbons (Fsp3) is 0.682. The van der Waals surface area contributed by atoms with Gasteiger partial charge in [-0.1, -0.05) is 30.3 Å². The molecule has 28 heavy (non-hydrogen) atoms. The van der Waals surface area contributed by atoms with Crippen molar-refractivity contribution < 1.29 is 9.47 Å². The van der Waals surface area contributed by atoms with Crippen molar-refractivity contribution in [3.63, 3.8) is 0 Å². The second-order valence-corrected chi connectivity index (χ2v) is 7.48. The van der Waals surface area contributed by atoms with Crippen molar-refractivity contribution in [3.05, 3.63) is 35.9 Å². The lowest BCUT2D eigenvalue weighted by Gasteiger charge is -2.38. The van der Waals surface area contributed by atoms with Crippen molar-refractivity contribution in [1.82, 2.24) is 15.5 Å². The summed E-state index contributed by atoms with van der Waals surface area (Å²) in [5.74, 6) is 0.911. The van der Waals surface area contributed by atoms with Crippen molar-refractivity contribution in [2.45, 2.75) is 51.2 Å². The highest BCUT2D eigenvalue weighted by Gasteiger charge is 2.25. The van der Waals surface area contributed by atoms with Crippen LogP contribution < -0.4 is 10.6 Å².